The molecule has 2 heterocycles. The third-order valence-corrected chi connectivity index (χ3v) is 5.56. The second kappa shape index (κ2) is 9.64. The fourth-order valence-electron chi connectivity index (χ4n) is 3.31. The molecule has 11 heteroatoms. The van der Waals surface area contributed by atoms with Crippen molar-refractivity contribution in [2.75, 3.05) is 12.4 Å². The molecule has 0 saturated heterocycles. The number of amidine groups is 1. The summed E-state index contributed by atoms with van der Waals surface area (Å²) in [5.74, 6) is -0.755. The van der Waals surface area contributed by atoms with E-state index < -0.39 is 29.5 Å². The molecule has 0 N–H and O–H groups in total. The Morgan fingerprint density at radius 2 is 2.00 bits per heavy atom. The summed E-state index contributed by atoms with van der Waals surface area (Å²) in [4.78, 5) is 36.5. The minimum Gasteiger partial charge on any atom is -0.466 e. The van der Waals surface area contributed by atoms with E-state index in [1.165, 1.54) is 24.1 Å². The lowest BCUT2D eigenvalue weighted by Gasteiger charge is -2.35. The predicted molar refractivity (Wildman–Crippen MR) is 125 cm³/mol. The van der Waals surface area contributed by atoms with Crippen molar-refractivity contribution in [1.29, 1.82) is 0 Å². The number of amides is 1. The highest BCUT2D eigenvalue weighted by Crippen LogP contribution is 2.40. The van der Waals surface area contributed by atoms with Crippen molar-refractivity contribution in [3.05, 3.63) is 64.1 Å². The SMILES string of the molecule is COC(=O)C1=C(CBr)N(C(=O)OC(C)(C)C)C(c2nccn2C)=NC1c1ccc(F)cc1Cl. The van der Waals surface area contributed by atoms with Gasteiger partial charge >= 0.3 is 12.1 Å². The zero-order valence-electron chi connectivity index (χ0n) is 18.7. The minimum atomic E-state index is -0.983. The number of aromatic nitrogens is 2. The first-order chi connectivity index (χ1) is 15.5. The van der Waals surface area contributed by atoms with Gasteiger partial charge in [0.15, 0.2) is 11.7 Å². The number of halogens is 3. The second-order valence-electron chi connectivity index (χ2n) is 8.18. The number of carbonyl (C=O) groups is 2. The molecule has 176 valence electrons. The van der Waals surface area contributed by atoms with E-state index in [-0.39, 0.29) is 27.5 Å². The van der Waals surface area contributed by atoms with Crippen LogP contribution in [0.2, 0.25) is 5.02 Å². The number of imidazole rings is 1. The molecule has 2 aromatic rings. The molecule has 1 aliphatic heterocycles. The van der Waals surface area contributed by atoms with Crippen LogP contribution >= 0.6 is 27.5 Å². The Balaban J connectivity index is 2.32. The molecular formula is C22H23BrClFN4O4. The number of aryl methyl sites for hydroxylation is 1. The summed E-state index contributed by atoms with van der Waals surface area (Å²) in [6.07, 6.45) is 2.50. The van der Waals surface area contributed by atoms with Crippen LogP contribution in [0.25, 0.3) is 0 Å². The number of allylic oxidation sites excluding steroid dienone is 1. The number of esters is 1. The van der Waals surface area contributed by atoms with Crippen molar-refractivity contribution in [1.82, 2.24) is 14.5 Å². The molecule has 1 aromatic heterocycles. The molecule has 1 aromatic carbocycles. The highest BCUT2D eigenvalue weighted by Gasteiger charge is 2.41. The Kier molecular flexibility index (Phi) is 7.28. The highest BCUT2D eigenvalue weighted by molar-refractivity contribution is 9.09. The van der Waals surface area contributed by atoms with Gasteiger partial charge in [-0.15, -0.1) is 0 Å². The number of hydrogen-bond acceptors (Lipinski definition) is 6. The fraction of sp³-hybridized carbons (Fsp3) is 0.364. The monoisotopic (exact) mass is 540 g/mol. The Hall–Kier alpha value is -2.72. The summed E-state index contributed by atoms with van der Waals surface area (Å²) in [5.41, 5.74) is -0.141. The first kappa shape index (κ1) is 24.9. The molecule has 3 rings (SSSR count). The van der Waals surface area contributed by atoms with Crippen LogP contribution in [0.4, 0.5) is 9.18 Å². The number of ether oxygens (including phenoxy) is 2. The van der Waals surface area contributed by atoms with Crippen molar-refractivity contribution >= 4 is 45.4 Å². The topological polar surface area (TPSA) is 86.0 Å². The van der Waals surface area contributed by atoms with Gasteiger partial charge in [-0.2, -0.15) is 0 Å². The van der Waals surface area contributed by atoms with Crippen LogP contribution in [0.1, 0.15) is 38.2 Å². The molecule has 1 unspecified atom stereocenters. The van der Waals surface area contributed by atoms with Gasteiger partial charge in [-0.25, -0.2) is 23.9 Å². The maximum absolute atomic E-state index is 13.7. The molecule has 8 nitrogen and oxygen atoms in total. The number of nitrogens with zero attached hydrogens (tertiary/aromatic N) is 4. The number of rotatable bonds is 4. The Labute approximate surface area is 204 Å². The Morgan fingerprint density at radius 1 is 1.30 bits per heavy atom. The molecule has 33 heavy (non-hydrogen) atoms. The van der Waals surface area contributed by atoms with Crippen LogP contribution in [0.15, 0.2) is 46.9 Å². The smallest absolute Gasteiger partial charge is 0.420 e. The van der Waals surface area contributed by atoms with E-state index in [0.717, 1.165) is 6.07 Å². The lowest BCUT2D eigenvalue weighted by molar-refractivity contribution is -0.136. The Morgan fingerprint density at radius 3 is 2.52 bits per heavy atom. The van der Waals surface area contributed by atoms with E-state index in [4.69, 9.17) is 26.1 Å². The number of carbonyl (C=O) groups excluding carboxylic acids is 2. The summed E-state index contributed by atoms with van der Waals surface area (Å²) in [6, 6.07) is 2.82. The van der Waals surface area contributed by atoms with Crippen molar-refractivity contribution in [3.8, 4) is 0 Å². The summed E-state index contributed by atoms with van der Waals surface area (Å²) >= 11 is 9.72. The van der Waals surface area contributed by atoms with Crippen LogP contribution in [0, 0.1) is 5.82 Å². The number of benzene rings is 1. The standard InChI is InChI=1S/C22H23BrClFN4O4/c1-22(2,3)33-21(31)29-15(11-23)16(20(30)32-5)17(13-7-6-12(25)10-14(13)24)27-19(29)18-26-8-9-28(18)4/h6-10,17H,11H2,1-5H3. The molecular weight excluding hydrogens is 519 g/mol. The van der Waals surface area contributed by atoms with Gasteiger partial charge in [0.2, 0.25) is 0 Å². The molecule has 0 spiro atoms. The van der Waals surface area contributed by atoms with E-state index >= 15 is 0 Å². The van der Waals surface area contributed by atoms with Crippen LogP contribution < -0.4 is 0 Å². The van der Waals surface area contributed by atoms with Crippen LogP contribution in [0.5, 0.6) is 0 Å². The van der Waals surface area contributed by atoms with E-state index in [9.17, 15) is 14.0 Å². The normalized spacial score (nSPS) is 16.5. The highest BCUT2D eigenvalue weighted by atomic mass is 79.9. The van der Waals surface area contributed by atoms with Gasteiger partial charge in [0.05, 0.1) is 18.4 Å². The van der Waals surface area contributed by atoms with E-state index in [1.807, 2.05) is 0 Å². The van der Waals surface area contributed by atoms with Gasteiger partial charge in [-0.05, 0) is 32.9 Å². The average molecular weight is 542 g/mol. The van der Waals surface area contributed by atoms with Gasteiger partial charge in [0.1, 0.15) is 17.5 Å². The van der Waals surface area contributed by atoms with Crippen LogP contribution in [-0.4, -0.2) is 50.4 Å². The van der Waals surface area contributed by atoms with Crippen molar-refractivity contribution < 1.29 is 23.5 Å². The van der Waals surface area contributed by atoms with Gasteiger partial charge in [0.25, 0.3) is 0 Å². The summed E-state index contributed by atoms with van der Waals surface area (Å²) in [7, 11) is 2.96. The molecule has 0 bridgehead atoms. The average Bonchev–Trinajstić information content (AvgIpc) is 3.16. The molecule has 1 amide bonds. The number of alkyl halides is 1. The van der Waals surface area contributed by atoms with E-state index in [0.29, 0.717) is 11.4 Å². The number of methoxy groups -OCH3 is 1. The summed E-state index contributed by atoms with van der Waals surface area (Å²) < 4.78 is 26.0. The molecule has 0 radical (unpaired) electrons. The van der Waals surface area contributed by atoms with E-state index in [2.05, 4.69) is 20.9 Å². The van der Waals surface area contributed by atoms with E-state index in [1.54, 1.807) is 44.8 Å². The first-order valence-electron chi connectivity index (χ1n) is 9.89. The van der Waals surface area contributed by atoms with Crippen molar-refractivity contribution in [3.63, 3.8) is 0 Å². The maximum Gasteiger partial charge on any atom is 0.420 e. The number of hydrogen-bond donors (Lipinski definition) is 0. The van der Waals surface area contributed by atoms with Gasteiger partial charge in [0, 0.05) is 35.4 Å². The molecule has 1 atom stereocenters. The lowest BCUT2D eigenvalue weighted by Crippen LogP contribution is -2.45. The zero-order chi connectivity index (χ0) is 24.5. The van der Waals surface area contributed by atoms with Crippen molar-refractivity contribution in [2.45, 2.75) is 32.4 Å². The van der Waals surface area contributed by atoms with Crippen LogP contribution in [-0.2, 0) is 21.3 Å². The molecule has 0 aliphatic carbocycles. The first-order valence-corrected chi connectivity index (χ1v) is 11.4. The Bertz CT molecular complexity index is 1160. The van der Waals surface area contributed by atoms with Crippen molar-refractivity contribution in [2.24, 2.45) is 12.0 Å². The quantitative estimate of drug-likeness (QED) is 0.411. The lowest BCUT2D eigenvalue weighted by atomic mass is 9.95. The largest absolute Gasteiger partial charge is 0.466 e. The second-order valence-corrected chi connectivity index (χ2v) is 9.15. The number of aliphatic imine (C=N–C) groups is 1. The van der Waals surface area contributed by atoms with Crippen LogP contribution in [0.3, 0.4) is 0 Å². The maximum atomic E-state index is 13.7. The fourth-order valence-corrected chi connectivity index (χ4v) is 4.14. The van der Waals surface area contributed by atoms with Gasteiger partial charge in [-0.3, -0.25) is 4.99 Å². The summed E-state index contributed by atoms with van der Waals surface area (Å²) in [6.45, 7) is 5.19. The zero-order valence-corrected chi connectivity index (χ0v) is 21.1. The molecule has 0 fully saturated rings. The third kappa shape index (κ3) is 5.11. The molecule has 1 aliphatic rings. The third-order valence-electron chi connectivity index (χ3n) is 4.70. The van der Waals surface area contributed by atoms with Gasteiger partial charge in [-0.1, -0.05) is 33.6 Å². The summed E-state index contributed by atoms with van der Waals surface area (Å²) in [5, 5.41) is 0.152. The minimum absolute atomic E-state index is 0.0618. The predicted octanol–water partition coefficient (Wildman–Crippen LogP) is 4.77. The van der Waals surface area contributed by atoms with Gasteiger partial charge < -0.3 is 14.0 Å². The molecule has 0 saturated carbocycles.